The highest BCUT2D eigenvalue weighted by Gasteiger charge is 2.39. The van der Waals surface area contributed by atoms with E-state index in [1.54, 1.807) is 0 Å². The van der Waals surface area contributed by atoms with Gasteiger partial charge in [-0.05, 0) is 46.1 Å². The lowest BCUT2D eigenvalue weighted by Gasteiger charge is -2.31. The van der Waals surface area contributed by atoms with Crippen LogP contribution in [0, 0.1) is 12.8 Å². The van der Waals surface area contributed by atoms with Crippen molar-refractivity contribution < 1.29 is 9.59 Å². The molecular formula is C19H28N2O2. The summed E-state index contributed by atoms with van der Waals surface area (Å²) >= 11 is 0. The van der Waals surface area contributed by atoms with Gasteiger partial charge in [0.05, 0.1) is 5.92 Å². The van der Waals surface area contributed by atoms with Gasteiger partial charge in [-0.3, -0.25) is 9.59 Å². The van der Waals surface area contributed by atoms with E-state index in [0.29, 0.717) is 19.5 Å². The fourth-order valence-electron chi connectivity index (χ4n) is 3.05. The van der Waals surface area contributed by atoms with E-state index in [9.17, 15) is 9.59 Å². The van der Waals surface area contributed by atoms with E-state index in [0.717, 1.165) is 12.8 Å². The van der Waals surface area contributed by atoms with Gasteiger partial charge in [-0.1, -0.05) is 29.8 Å². The number of hydrogen-bond acceptors (Lipinski definition) is 2. The Morgan fingerprint density at radius 2 is 2.09 bits per heavy atom. The maximum atomic E-state index is 12.2. The molecule has 4 heteroatoms. The quantitative estimate of drug-likeness (QED) is 0.849. The van der Waals surface area contributed by atoms with E-state index in [2.05, 4.69) is 36.5 Å². The molecule has 0 aromatic heterocycles. The van der Waals surface area contributed by atoms with E-state index < -0.39 is 0 Å². The zero-order valence-electron chi connectivity index (χ0n) is 14.7. The van der Waals surface area contributed by atoms with Crippen molar-refractivity contribution >= 4 is 11.8 Å². The number of amides is 2. The standard InChI is InChI=1S/C19H28N2O2/c1-14-7-5-8-15(11-14)9-6-10-20-18(23)16-12-17(22)21(13-16)19(2,3)4/h5,7-8,11,16H,6,9-10,12-13H2,1-4H3,(H,20,23)/t16-/m1/s1. The first kappa shape index (κ1) is 17.5. The molecule has 1 aliphatic rings. The first-order chi connectivity index (χ1) is 10.8. The van der Waals surface area contributed by atoms with Gasteiger partial charge < -0.3 is 10.2 Å². The highest BCUT2D eigenvalue weighted by molar-refractivity contribution is 5.89. The summed E-state index contributed by atoms with van der Waals surface area (Å²) in [7, 11) is 0. The molecule has 0 unspecified atom stereocenters. The normalized spacial score (nSPS) is 18.3. The molecule has 4 nitrogen and oxygen atoms in total. The van der Waals surface area contributed by atoms with Crippen molar-refractivity contribution in [1.29, 1.82) is 0 Å². The van der Waals surface area contributed by atoms with Crippen LogP contribution in [0.4, 0.5) is 0 Å². The molecule has 1 aromatic carbocycles. The van der Waals surface area contributed by atoms with E-state index in [-0.39, 0.29) is 23.3 Å². The Labute approximate surface area is 139 Å². The Hall–Kier alpha value is -1.84. The lowest BCUT2D eigenvalue weighted by Crippen LogP contribution is -2.43. The largest absolute Gasteiger partial charge is 0.356 e. The van der Waals surface area contributed by atoms with Gasteiger partial charge in [0.25, 0.3) is 0 Å². The fourth-order valence-corrected chi connectivity index (χ4v) is 3.05. The number of carbonyl (C=O) groups excluding carboxylic acids is 2. The van der Waals surface area contributed by atoms with Crippen molar-refractivity contribution in [3.8, 4) is 0 Å². The third-order valence-corrected chi connectivity index (χ3v) is 4.33. The molecule has 0 saturated carbocycles. The van der Waals surface area contributed by atoms with E-state index >= 15 is 0 Å². The summed E-state index contributed by atoms with van der Waals surface area (Å²) in [6.07, 6.45) is 2.21. The van der Waals surface area contributed by atoms with Crippen molar-refractivity contribution in [2.24, 2.45) is 5.92 Å². The highest BCUT2D eigenvalue weighted by Crippen LogP contribution is 2.25. The molecule has 2 rings (SSSR count). The van der Waals surface area contributed by atoms with Crippen LogP contribution in [0.1, 0.15) is 44.7 Å². The van der Waals surface area contributed by atoms with Gasteiger partial charge in [-0.2, -0.15) is 0 Å². The molecular weight excluding hydrogens is 288 g/mol. The van der Waals surface area contributed by atoms with Crippen LogP contribution < -0.4 is 5.32 Å². The number of rotatable bonds is 5. The second kappa shape index (κ2) is 7.16. The predicted molar refractivity (Wildman–Crippen MR) is 92.1 cm³/mol. The van der Waals surface area contributed by atoms with Crippen molar-refractivity contribution in [2.75, 3.05) is 13.1 Å². The second-order valence-corrected chi connectivity index (χ2v) is 7.46. The van der Waals surface area contributed by atoms with E-state index in [4.69, 9.17) is 0 Å². The van der Waals surface area contributed by atoms with Crippen molar-refractivity contribution in [2.45, 2.75) is 52.5 Å². The molecule has 1 aromatic rings. The van der Waals surface area contributed by atoms with Gasteiger partial charge in [0, 0.05) is 25.0 Å². The fraction of sp³-hybridized carbons (Fsp3) is 0.579. The molecule has 1 aliphatic heterocycles. The van der Waals surface area contributed by atoms with Gasteiger partial charge >= 0.3 is 0 Å². The molecule has 1 saturated heterocycles. The van der Waals surface area contributed by atoms with Crippen molar-refractivity contribution in [3.63, 3.8) is 0 Å². The first-order valence-corrected chi connectivity index (χ1v) is 8.41. The Morgan fingerprint density at radius 1 is 1.35 bits per heavy atom. The molecule has 0 spiro atoms. The number of likely N-dealkylation sites (tertiary alicyclic amines) is 1. The van der Waals surface area contributed by atoms with Crippen LogP contribution in [-0.2, 0) is 16.0 Å². The number of hydrogen-bond donors (Lipinski definition) is 1. The van der Waals surface area contributed by atoms with Crippen LogP contribution in [0.25, 0.3) is 0 Å². The van der Waals surface area contributed by atoms with Crippen molar-refractivity contribution in [3.05, 3.63) is 35.4 Å². The van der Waals surface area contributed by atoms with Crippen LogP contribution in [0.15, 0.2) is 24.3 Å². The van der Waals surface area contributed by atoms with E-state index in [1.807, 2.05) is 25.7 Å². The molecule has 1 heterocycles. The van der Waals surface area contributed by atoms with Gasteiger partial charge in [0.15, 0.2) is 0 Å². The third-order valence-electron chi connectivity index (χ3n) is 4.33. The maximum absolute atomic E-state index is 12.2. The average molecular weight is 316 g/mol. The van der Waals surface area contributed by atoms with Crippen molar-refractivity contribution in [1.82, 2.24) is 10.2 Å². The lowest BCUT2D eigenvalue weighted by atomic mass is 10.1. The number of nitrogens with zero attached hydrogens (tertiary/aromatic N) is 1. The molecule has 126 valence electrons. The Bertz CT molecular complexity index is 575. The van der Waals surface area contributed by atoms with Crippen LogP contribution in [-0.4, -0.2) is 35.3 Å². The minimum absolute atomic E-state index is 0.00865. The smallest absolute Gasteiger partial charge is 0.225 e. The third kappa shape index (κ3) is 4.81. The summed E-state index contributed by atoms with van der Waals surface area (Å²) in [6, 6.07) is 8.45. The molecule has 0 bridgehead atoms. The van der Waals surface area contributed by atoms with Gasteiger partial charge in [-0.25, -0.2) is 0 Å². The highest BCUT2D eigenvalue weighted by atomic mass is 16.2. The Morgan fingerprint density at radius 3 is 2.70 bits per heavy atom. The molecule has 23 heavy (non-hydrogen) atoms. The Kier molecular flexibility index (Phi) is 5.45. The predicted octanol–water partition coefficient (Wildman–Crippen LogP) is 2.69. The summed E-state index contributed by atoms with van der Waals surface area (Å²) in [6.45, 7) is 9.30. The van der Waals surface area contributed by atoms with Gasteiger partial charge in [-0.15, -0.1) is 0 Å². The molecule has 1 atom stereocenters. The van der Waals surface area contributed by atoms with Crippen LogP contribution >= 0.6 is 0 Å². The molecule has 0 radical (unpaired) electrons. The lowest BCUT2D eigenvalue weighted by molar-refractivity contribution is -0.132. The first-order valence-electron chi connectivity index (χ1n) is 8.41. The number of nitrogens with one attached hydrogen (secondary N) is 1. The molecule has 1 N–H and O–H groups in total. The summed E-state index contributed by atoms with van der Waals surface area (Å²) in [4.78, 5) is 26.1. The summed E-state index contributed by atoms with van der Waals surface area (Å²) < 4.78 is 0. The van der Waals surface area contributed by atoms with E-state index in [1.165, 1.54) is 11.1 Å². The summed E-state index contributed by atoms with van der Waals surface area (Å²) in [5, 5.41) is 2.98. The topological polar surface area (TPSA) is 49.4 Å². The zero-order chi connectivity index (χ0) is 17.0. The molecule has 2 amide bonds. The van der Waals surface area contributed by atoms with Crippen LogP contribution in [0.3, 0.4) is 0 Å². The zero-order valence-corrected chi connectivity index (χ0v) is 14.7. The van der Waals surface area contributed by atoms with Crippen LogP contribution in [0.5, 0.6) is 0 Å². The minimum Gasteiger partial charge on any atom is -0.356 e. The minimum atomic E-state index is -0.211. The SMILES string of the molecule is Cc1cccc(CCCNC(=O)[C@@H]2CC(=O)N(C(C)(C)C)C2)c1. The molecule has 0 aliphatic carbocycles. The second-order valence-electron chi connectivity index (χ2n) is 7.46. The monoisotopic (exact) mass is 316 g/mol. The summed E-state index contributed by atoms with van der Waals surface area (Å²) in [5.41, 5.74) is 2.35. The summed E-state index contributed by atoms with van der Waals surface area (Å²) in [5.74, 6) is -0.118. The Balaban J connectivity index is 1.74. The number of aryl methyl sites for hydroxylation is 2. The average Bonchev–Trinajstić information content (AvgIpc) is 2.86. The molecule has 1 fully saturated rings. The maximum Gasteiger partial charge on any atom is 0.225 e. The van der Waals surface area contributed by atoms with Crippen LogP contribution in [0.2, 0.25) is 0 Å². The van der Waals surface area contributed by atoms with Gasteiger partial charge in [0.2, 0.25) is 11.8 Å². The number of carbonyl (C=O) groups is 2. The number of benzene rings is 1. The van der Waals surface area contributed by atoms with Gasteiger partial charge in [0.1, 0.15) is 0 Å².